The molecule has 0 aliphatic carbocycles. The molecule has 5 heteroatoms. The zero-order valence-corrected chi connectivity index (χ0v) is 11.8. The van der Waals surface area contributed by atoms with Crippen molar-refractivity contribution in [3.63, 3.8) is 0 Å². The van der Waals surface area contributed by atoms with Crippen LogP contribution >= 0.6 is 0 Å². The number of sulfone groups is 1. The Morgan fingerprint density at radius 2 is 2.21 bits per heavy atom. The van der Waals surface area contributed by atoms with Gasteiger partial charge >= 0.3 is 0 Å². The maximum absolute atomic E-state index is 11.5. The van der Waals surface area contributed by atoms with Gasteiger partial charge in [-0.15, -0.1) is 0 Å². The third kappa shape index (κ3) is 2.67. The van der Waals surface area contributed by atoms with Crippen molar-refractivity contribution in [3.05, 3.63) is 36.0 Å². The number of aromatic amines is 1. The predicted molar refractivity (Wildman–Crippen MR) is 76.8 cm³/mol. The Hall–Kier alpha value is -1.33. The lowest BCUT2D eigenvalue weighted by atomic mass is 10.1. The van der Waals surface area contributed by atoms with Gasteiger partial charge in [0.1, 0.15) is 0 Å². The van der Waals surface area contributed by atoms with Crippen molar-refractivity contribution >= 4 is 20.7 Å². The van der Waals surface area contributed by atoms with Crippen LogP contribution in [0.4, 0.5) is 0 Å². The first kappa shape index (κ1) is 12.7. The minimum absolute atomic E-state index is 0.191. The number of fused-ring (bicyclic) bond motifs is 1. The molecule has 0 saturated carbocycles. The molecule has 1 aromatic heterocycles. The van der Waals surface area contributed by atoms with Gasteiger partial charge in [-0.1, -0.05) is 6.07 Å². The lowest BCUT2D eigenvalue weighted by Crippen LogP contribution is -2.26. The Labute approximate surface area is 113 Å². The van der Waals surface area contributed by atoms with E-state index < -0.39 is 9.84 Å². The van der Waals surface area contributed by atoms with Crippen LogP contribution in [0.1, 0.15) is 12.0 Å². The standard InChI is InChI=1S/C14H18N2O2S/c1-19(17,18)13-5-7-16(10-13)9-11-2-3-14-12(8-11)4-6-15-14/h2-4,6,8,13,15H,5,7,9-10H2,1H3. The molecule has 1 saturated heterocycles. The van der Waals surface area contributed by atoms with Gasteiger partial charge in [0.2, 0.25) is 0 Å². The lowest BCUT2D eigenvalue weighted by Gasteiger charge is -2.15. The molecule has 2 heterocycles. The van der Waals surface area contributed by atoms with Gasteiger partial charge in [-0.3, -0.25) is 4.90 Å². The number of hydrogen-bond acceptors (Lipinski definition) is 3. The van der Waals surface area contributed by atoms with Crippen molar-refractivity contribution in [2.45, 2.75) is 18.2 Å². The van der Waals surface area contributed by atoms with Gasteiger partial charge in [0.25, 0.3) is 0 Å². The highest BCUT2D eigenvalue weighted by atomic mass is 32.2. The molecule has 1 N–H and O–H groups in total. The number of nitrogens with zero attached hydrogens (tertiary/aromatic N) is 1. The lowest BCUT2D eigenvalue weighted by molar-refractivity contribution is 0.331. The zero-order chi connectivity index (χ0) is 13.5. The van der Waals surface area contributed by atoms with Crippen molar-refractivity contribution in [1.29, 1.82) is 0 Å². The Morgan fingerprint density at radius 1 is 1.37 bits per heavy atom. The van der Waals surface area contributed by atoms with Crippen LogP contribution in [0.15, 0.2) is 30.5 Å². The summed E-state index contributed by atoms with van der Waals surface area (Å²) in [5.74, 6) is 0. The molecular weight excluding hydrogens is 260 g/mol. The van der Waals surface area contributed by atoms with E-state index in [9.17, 15) is 8.42 Å². The van der Waals surface area contributed by atoms with E-state index >= 15 is 0 Å². The zero-order valence-electron chi connectivity index (χ0n) is 11.0. The largest absolute Gasteiger partial charge is 0.361 e. The number of nitrogens with one attached hydrogen (secondary N) is 1. The monoisotopic (exact) mass is 278 g/mol. The summed E-state index contributed by atoms with van der Waals surface area (Å²) >= 11 is 0. The SMILES string of the molecule is CS(=O)(=O)C1CCN(Cc2ccc3[nH]ccc3c2)C1. The third-order valence-corrected chi connectivity index (χ3v) is 5.45. The molecule has 0 amide bonds. The highest BCUT2D eigenvalue weighted by Crippen LogP contribution is 2.20. The maximum Gasteiger partial charge on any atom is 0.151 e. The molecule has 1 aliphatic rings. The molecule has 102 valence electrons. The molecule has 1 atom stereocenters. The summed E-state index contributed by atoms with van der Waals surface area (Å²) in [4.78, 5) is 5.40. The van der Waals surface area contributed by atoms with Crippen LogP contribution in [0, 0.1) is 0 Å². The van der Waals surface area contributed by atoms with Gasteiger partial charge in [-0.2, -0.15) is 0 Å². The van der Waals surface area contributed by atoms with E-state index in [1.54, 1.807) is 0 Å². The van der Waals surface area contributed by atoms with Crippen LogP contribution in [-0.2, 0) is 16.4 Å². The average molecular weight is 278 g/mol. The second-order valence-electron chi connectivity index (χ2n) is 5.37. The highest BCUT2D eigenvalue weighted by molar-refractivity contribution is 7.91. The van der Waals surface area contributed by atoms with E-state index in [-0.39, 0.29) is 5.25 Å². The van der Waals surface area contributed by atoms with Gasteiger partial charge in [0.05, 0.1) is 5.25 Å². The molecule has 0 radical (unpaired) electrons. The Kier molecular flexibility index (Phi) is 3.11. The summed E-state index contributed by atoms with van der Waals surface area (Å²) in [6.07, 6.45) is 4.03. The molecule has 1 aromatic carbocycles. The van der Waals surface area contributed by atoms with Gasteiger partial charge in [0.15, 0.2) is 9.84 Å². The van der Waals surface area contributed by atoms with Gasteiger partial charge < -0.3 is 4.98 Å². The number of aromatic nitrogens is 1. The van der Waals surface area contributed by atoms with Crippen molar-refractivity contribution in [1.82, 2.24) is 9.88 Å². The van der Waals surface area contributed by atoms with Crippen LogP contribution in [0.5, 0.6) is 0 Å². The minimum Gasteiger partial charge on any atom is -0.361 e. The molecule has 0 bridgehead atoms. The predicted octanol–water partition coefficient (Wildman–Crippen LogP) is 1.79. The smallest absolute Gasteiger partial charge is 0.151 e. The van der Waals surface area contributed by atoms with E-state index in [1.165, 1.54) is 17.2 Å². The summed E-state index contributed by atoms with van der Waals surface area (Å²) in [5.41, 5.74) is 2.38. The van der Waals surface area contributed by atoms with Crippen LogP contribution in [0.2, 0.25) is 0 Å². The third-order valence-electron chi connectivity index (χ3n) is 3.86. The summed E-state index contributed by atoms with van der Waals surface area (Å²) in [7, 11) is -2.90. The van der Waals surface area contributed by atoms with E-state index in [0.29, 0.717) is 6.54 Å². The van der Waals surface area contributed by atoms with Crippen molar-refractivity contribution in [2.24, 2.45) is 0 Å². The highest BCUT2D eigenvalue weighted by Gasteiger charge is 2.29. The van der Waals surface area contributed by atoms with Crippen LogP contribution in [0.25, 0.3) is 10.9 Å². The molecule has 0 spiro atoms. The van der Waals surface area contributed by atoms with E-state index in [0.717, 1.165) is 25.0 Å². The van der Waals surface area contributed by atoms with E-state index in [2.05, 4.69) is 34.1 Å². The van der Waals surface area contributed by atoms with Crippen LogP contribution < -0.4 is 0 Å². The molecule has 3 rings (SSSR count). The fourth-order valence-corrected chi connectivity index (χ4v) is 3.76. The molecule has 4 nitrogen and oxygen atoms in total. The van der Waals surface area contributed by atoms with Crippen LogP contribution in [0.3, 0.4) is 0 Å². The topological polar surface area (TPSA) is 53.2 Å². The molecule has 1 aliphatic heterocycles. The Balaban J connectivity index is 1.72. The Bertz CT molecular complexity index is 690. The van der Waals surface area contributed by atoms with Crippen molar-refractivity contribution in [2.75, 3.05) is 19.3 Å². The fraction of sp³-hybridized carbons (Fsp3) is 0.429. The fourth-order valence-electron chi connectivity index (χ4n) is 2.75. The number of hydrogen-bond donors (Lipinski definition) is 1. The van der Waals surface area contributed by atoms with E-state index in [4.69, 9.17) is 0 Å². The summed E-state index contributed by atoms with van der Waals surface area (Å²) in [6.45, 7) is 2.35. The number of likely N-dealkylation sites (tertiary alicyclic amines) is 1. The average Bonchev–Trinajstić information content (AvgIpc) is 2.95. The number of rotatable bonds is 3. The normalized spacial score (nSPS) is 21.2. The molecule has 1 fully saturated rings. The summed E-state index contributed by atoms with van der Waals surface area (Å²) in [6, 6.07) is 8.41. The van der Waals surface area contributed by atoms with Crippen LogP contribution in [-0.4, -0.2) is 42.9 Å². The van der Waals surface area contributed by atoms with Crippen molar-refractivity contribution in [3.8, 4) is 0 Å². The Morgan fingerprint density at radius 3 is 2.95 bits per heavy atom. The first-order valence-electron chi connectivity index (χ1n) is 6.49. The quantitative estimate of drug-likeness (QED) is 0.931. The first-order valence-corrected chi connectivity index (χ1v) is 8.45. The molecule has 1 unspecified atom stereocenters. The summed E-state index contributed by atoms with van der Waals surface area (Å²) in [5, 5.41) is 1.01. The number of benzene rings is 1. The second kappa shape index (κ2) is 4.65. The first-order chi connectivity index (χ1) is 9.02. The van der Waals surface area contributed by atoms with Gasteiger partial charge in [-0.25, -0.2) is 8.42 Å². The molecular formula is C14H18N2O2S. The summed E-state index contributed by atoms with van der Waals surface area (Å²) < 4.78 is 23.1. The minimum atomic E-state index is -2.90. The van der Waals surface area contributed by atoms with Gasteiger partial charge in [-0.05, 0) is 42.1 Å². The second-order valence-corrected chi connectivity index (χ2v) is 7.70. The molecule has 2 aromatic rings. The van der Waals surface area contributed by atoms with Gasteiger partial charge in [0, 0.05) is 31.1 Å². The maximum atomic E-state index is 11.5. The van der Waals surface area contributed by atoms with E-state index in [1.807, 2.05) is 6.20 Å². The molecule has 19 heavy (non-hydrogen) atoms. The number of H-pyrrole nitrogens is 1. The van der Waals surface area contributed by atoms with Crippen molar-refractivity contribution < 1.29 is 8.42 Å².